The molecular formula is C56H109NO5. The molecular weight excluding hydrogens is 767 g/mol. The van der Waals surface area contributed by atoms with E-state index in [-0.39, 0.29) is 24.9 Å². The molecule has 0 aromatic rings. The second kappa shape index (κ2) is 50.6. The highest BCUT2D eigenvalue weighted by molar-refractivity contribution is 5.77. The number of ether oxygens (including phenoxy) is 1. The van der Waals surface area contributed by atoms with E-state index in [0.29, 0.717) is 19.3 Å². The number of nitrogens with one attached hydrogen (secondary N) is 1. The Morgan fingerprint density at radius 2 is 0.806 bits per heavy atom. The number of aliphatic hydroxyl groups excluding tert-OH is 2. The summed E-state index contributed by atoms with van der Waals surface area (Å²) < 4.78 is 5.94. The van der Waals surface area contributed by atoms with Gasteiger partial charge in [0.2, 0.25) is 5.91 Å². The maximum atomic E-state index is 13.2. The number of amides is 1. The fourth-order valence-corrected chi connectivity index (χ4v) is 8.85. The molecule has 368 valence electrons. The van der Waals surface area contributed by atoms with Crippen LogP contribution in [0.3, 0.4) is 0 Å². The quantitative estimate of drug-likeness (QED) is 0.0321. The zero-order valence-corrected chi connectivity index (χ0v) is 42.0. The summed E-state index contributed by atoms with van der Waals surface area (Å²) in [4.78, 5) is 26.2. The summed E-state index contributed by atoms with van der Waals surface area (Å²) in [7, 11) is 0. The Hall–Kier alpha value is -1.40. The van der Waals surface area contributed by atoms with Crippen molar-refractivity contribution >= 4 is 11.9 Å². The topological polar surface area (TPSA) is 95.9 Å². The Bertz CT molecular complexity index is 939. The van der Waals surface area contributed by atoms with Gasteiger partial charge in [-0.1, -0.05) is 264 Å². The summed E-state index contributed by atoms with van der Waals surface area (Å²) in [6, 6.07) is -0.697. The van der Waals surface area contributed by atoms with Gasteiger partial charge in [-0.2, -0.15) is 0 Å². The fourth-order valence-electron chi connectivity index (χ4n) is 8.85. The van der Waals surface area contributed by atoms with Gasteiger partial charge in [-0.05, 0) is 44.9 Å². The first-order valence-electron chi connectivity index (χ1n) is 27.9. The highest BCUT2D eigenvalue weighted by atomic mass is 16.5. The van der Waals surface area contributed by atoms with E-state index >= 15 is 0 Å². The number of aliphatic hydroxyl groups is 2. The second-order valence-electron chi connectivity index (χ2n) is 19.3. The van der Waals surface area contributed by atoms with Gasteiger partial charge in [-0.15, -0.1) is 0 Å². The van der Waals surface area contributed by atoms with Crippen LogP contribution in [0.2, 0.25) is 0 Å². The van der Waals surface area contributed by atoms with Gasteiger partial charge in [-0.25, -0.2) is 0 Å². The summed E-state index contributed by atoms with van der Waals surface area (Å²) >= 11 is 0. The lowest BCUT2D eigenvalue weighted by molar-refractivity contribution is -0.151. The molecule has 0 aromatic heterocycles. The molecule has 0 bridgehead atoms. The van der Waals surface area contributed by atoms with Crippen molar-refractivity contribution in [3.8, 4) is 0 Å². The lowest BCUT2D eigenvalue weighted by Crippen LogP contribution is -2.46. The van der Waals surface area contributed by atoms with Crippen LogP contribution < -0.4 is 5.32 Å². The third-order valence-corrected chi connectivity index (χ3v) is 13.1. The van der Waals surface area contributed by atoms with E-state index in [9.17, 15) is 19.8 Å². The Balaban J connectivity index is 4.45. The van der Waals surface area contributed by atoms with Crippen molar-refractivity contribution in [3.05, 3.63) is 12.2 Å². The molecule has 3 unspecified atom stereocenters. The van der Waals surface area contributed by atoms with Crippen LogP contribution in [0.5, 0.6) is 0 Å². The lowest BCUT2D eigenvalue weighted by Gasteiger charge is -2.24. The van der Waals surface area contributed by atoms with E-state index in [1.807, 2.05) is 0 Å². The maximum Gasteiger partial charge on any atom is 0.306 e. The molecule has 3 atom stereocenters. The summed E-state index contributed by atoms with van der Waals surface area (Å²) in [5, 5.41) is 23.8. The third-order valence-electron chi connectivity index (χ3n) is 13.1. The fraction of sp³-hybridized carbons (Fsp3) is 0.929. The molecule has 0 spiro atoms. The molecule has 0 aliphatic rings. The third kappa shape index (κ3) is 45.2. The largest absolute Gasteiger partial charge is 0.462 e. The van der Waals surface area contributed by atoms with Gasteiger partial charge in [0.15, 0.2) is 0 Å². The predicted molar refractivity (Wildman–Crippen MR) is 269 cm³/mol. The first kappa shape index (κ1) is 60.6. The van der Waals surface area contributed by atoms with E-state index in [2.05, 4.69) is 38.2 Å². The van der Waals surface area contributed by atoms with Crippen molar-refractivity contribution in [2.45, 2.75) is 328 Å². The van der Waals surface area contributed by atoms with Crippen LogP contribution >= 0.6 is 0 Å². The lowest BCUT2D eigenvalue weighted by atomic mass is 10.0. The first-order valence-corrected chi connectivity index (χ1v) is 27.9. The van der Waals surface area contributed by atoms with Crippen LogP contribution in [0.1, 0.15) is 310 Å². The Morgan fingerprint density at radius 3 is 1.21 bits per heavy atom. The highest BCUT2D eigenvalue weighted by Gasteiger charge is 2.24. The number of hydrogen-bond donors (Lipinski definition) is 3. The molecule has 0 rings (SSSR count). The van der Waals surface area contributed by atoms with Crippen LogP contribution in [-0.4, -0.2) is 46.9 Å². The van der Waals surface area contributed by atoms with Crippen LogP contribution in [-0.2, 0) is 14.3 Å². The van der Waals surface area contributed by atoms with Gasteiger partial charge >= 0.3 is 5.97 Å². The van der Waals surface area contributed by atoms with E-state index in [1.54, 1.807) is 0 Å². The van der Waals surface area contributed by atoms with Crippen LogP contribution in [0.25, 0.3) is 0 Å². The van der Waals surface area contributed by atoms with Gasteiger partial charge < -0.3 is 20.3 Å². The van der Waals surface area contributed by atoms with Crippen LogP contribution in [0.4, 0.5) is 0 Å². The molecule has 1 amide bonds. The molecule has 0 aliphatic heterocycles. The van der Waals surface area contributed by atoms with Crippen LogP contribution in [0, 0.1) is 0 Å². The summed E-state index contributed by atoms with van der Waals surface area (Å²) in [6.07, 6.45) is 57.1. The highest BCUT2D eigenvalue weighted by Crippen LogP contribution is 2.19. The Kier molecular flexibility index (Phi) is 49.5. The molecule has 6 heteroatoms. The predicted octanol–water partition coefficient (Wildman–Crippen LogP) is 16.9. The van der Waals surface area contributed by atoms with Crippen molar-refractivity contribution in [3.63, 3.8) is 0 Å². The van der Waals surface area contributed by atoms with Gasteiger partial charge in [0.05, 0.1) is 25.2 Å². The Labute approximate surface area is 387 Å². The molecule has 0 radical (unpaired) electrons. The molecule has 6 nitrogen and oxygen atoms in total. The second-order valence-corrected chi connectivity index (χ2v) is 19.3. The van der Waals surface area contributed by atoms with Crippen molar-refractivity contribution in [2.75, 3.05) is 6.61 Å². The number of carbonyl (C=O) groups is 2. The molecule has 3 N–H and O–H groups in total. The van der Waals surface area contributed by atoms with Crippen molar-refractivity contribution < 1.29 is 24.5 Å². The number of esters is 1. The molecule has 0 saturated carbocycles. The minimum Gasteiger partial charge on any atom is -0.462 e. The molecule has 0 aliphatic carbocycles. The minimum atomic E-state index is -0.783. The molecule has 0 aromatic carbocycles. The number of allylic oxidation sites excluding steroid dienone is 2. The van der Waals surface area contributed by atoms with Crippen LogP contribution in [0.15, 0.2) is 12.2 Å². The van der Waals surface area contributed by atoms with Crippen molar-refractivity contribution in [1.82, 2.24) is 5.32 Å². The van der Waals surface area contributed by atoms with Gasteiger partial charge in [0, 0.05) is 6.42 Å². The Morgan fingerprint density at radius 1 is 0.452 bits per heavy atom. The number of unbranched alkanes of at least 4 members (excludes halogenated alkanes) is 37. The summed E-state index contributed by atoms with van der Waals surface area (Å²) in [6.45, 7) is 6.46. The van der Waals surface area contributed by atoms with E-state index in [0.717, 1.165) is 57.8 Å². The zero-order valence-electron chi connectivity index (χ0n) is 42.0. The average Bonchev–Trinajstić information content (AvgIpc) is 3.26. The number of hydrogen-bond acceptors (Lipinski definition) is 5. The molecule has 0 heterocycles. The number of rotatable bonds is 51. The SMILES string of the molecule is CCC/C=C\CCCCCCCC(=O)OC(CCCCCCCCCCCCCCCCCCC)CC(=O)NC(CO)C(O)CCCCCCCCCCCCCCCCCC. The van der Waals surface area contributed by atoms with Crippen molar-refractivity contribution in [1.29, 1.82) is 0 Å². The first-order chi connectivity index (χ1) is 30.5. The van der Waals surface area contributed by atoms with E-state index in [1.165, 1.54) is 205 Å². The summed E-state index contributed by atoms with van der Waals surface area (Å²) in [5.74, 6) is -0.465. The van der Waals surface area contributed by atoms with Gasteiger partial charge in [0.1, 0.15) is 6.10 Å². The standard InChI is InChI=1S/C56H109NO5/c1-4-7-10-13-16-19-22-24-26-28-29-31-33-35-38-41-44-47-52(62-56(61)49-46-43-40-37-21-18-15-12-9-6-3)50-55(60)57-53(51-58)54(59)48-45-42-39-36-34-32-30-27-25-23-20-17-14-11-8-5-2/h12,15,52-54,58-59H,4-11,13-14,16-51H2,1-3H3,(H,57,60)/b15-12-. The monoisotopic (exact) mass is 876 g/mol. The molecule has 62 heavy (non-hydrogen) atoms. The minimum absolute atomic E-state index is 0.0818. The van der Waals surface area contributed by atoms with Gasteiger partial charge in [-0.3, -0.25) is 9.59 Å². The van der Waals surface area contributed by atoms with E-state index in [4.69, 9.17) is 4.74 Å². The van der Waals surface area contributed by atoms with E-state index < -0.39 is 18.2 Å². The van der Waals surface area contributed by atoms with Gasteiger partial charge in [0.25, 0.3) is 0 Å². The summed E-state index contributed by atoms with van der Waals surface area (Å²) in [5.41, 5.74) is 0. The molecule has 0 fully saturated rings. The number of carbonyl (C=O) groups excluding carboxylic acids is 2. The zero-order chi connectivity index (χ0) is 45.2. The average molecular weight is 876 g/mol. The molecule has 0 saturated heterocycles. The van der Waals surface area contributed by atoms with Crippen molar-refractivity contribution in [2.24, 2.45) is 0 Å². The smallest absolute Gasteiger partial charge is 0.306 e. The normalized spacial score (nSPS) is 13.2. The maximum absolute atomic E-state index is 13.2.